The highest BCUT2D eigenvalue weighted by Gasteiger charge is 2.25. The molecule has 0 fully saturated rings. The zero-order valence-electron chi connectivity index (χ0n) is 16.9. The first-order chi connectivity index (χ1) is 14.2. The number of amides is 1. The predicted octanol–water partition coefficient (Wildman–Crippen LogP) is 5.29. The maximum Gasteiger partial charge on any atom is 0.341 e. The first-order valence-electron chi connectivity index (χ1n) is 9.08. The van der Waals surface area contributed by atoms with Crippen molar-refractivity contribution in [2.24, 2.45) is 0 Å². The molecule has 154 valence electrons. The molecule has 0 spiro atoms. The number of rotatable bonds is 5. The van der Waals surface area contributed by atoms with Crippen LogP contribution in [0.3, 0.4) is 0 Å². The van der Waals surface area contributed by atoms with Crippen LogP contribution in [0.2, 0.25) is 0 Å². The number of aryl methyl sites for hydroxylation is 3. The normalized spacial score (nSPS) is 10.5. The van der Waals surface area contributed by atoms with E-state index in [1.54, 1.807) is 6.92 Å². The molecular formula is C22H20N2O5S. The zero-order chi connectivity index (χ0) is 22.0. The van der Waals surface area contributed by atoms with Crippen molar-refractivity contribution in [2.45, 2.75) is 20.8 Å². The fourth-order valence-electron chi connectivity index (χ4n) is 3.17. The van der Waals surface area contributed by atoms with Gasteiger partial charge >= 0.3 is 5.97 Å². The van der Waals surface area contributed by atoms with Gasteiger partial charge in [0.1, 0.15) is 10.6 Å². The summed E-state index contributed by atoms with van der Waals surface area (Å²) in [6.45, 7) is 5.42. The van der Waals surface area contributed by atoms with Gasteiger partial charge in [-0.1, -0.05) is 29.8 Å². The highest BCUT2D eigenvalue weighted by Crippen LogP contribution is 2.40. The topological polar surface area (TPSA) is 98.5 Å². The van der Waals surface area contributed by atoms with E-state index in [0.717, 1.165) is 16.0 Å². The van der Waals surface area contributed by atoms with E-state index in [-0.39, 0.29) is 16.8 Å². The van der Waals surface area contributed by atoms with Gasteiger partial charge in [-0.2, -0.15) is 0 Å². The highest BCUT2D eigenvalue weighted by atomic mass is 32.1. The lowest BCUT2D eigenvalue weighted by molar-refractivity contribution is -0.385. The molecule has 1 N–H and O–H groups in total. The smallest absolute Gasteiger partial charge is 0.341 e. The second-order valence-corrected chi connectivity index (χ2v) is 8.03. The van der Waals surface area contributed by atoms with Crippen molar-refractivity contribution in [1.82, 2.24) is 0 Å². The Morgan fingerprint density at radius 3 is 2.30 bits per heavy atom. The molecule has 3 aromatic rings. The molecule has 7 nitrogen and oxygen atoms in total. The summed E-state index contributed by atoms with van der Waals surface area (Å²) in [6, 6.07) is 11.9. The molecule has 0 bridgehead atoms. The first-order valence-corrected chi connectivity index (χ1v) is 9.89. The number of ether oxygens (including phenoxy) is 1. The largest absolute Gasteiger partial charge is 0.465 e. The monoisotopic (exact) mass is 424 g/mol. The molecule has 0 aliphatic carbocycles. The average Bonchev–Trinajstić information content (AvgIpc) is 3.03. The Labute approximate surface area is 177 Å². The Kier molecular flexibility index (Phi) is 5.98. The number of nitrogens with zero attached hydrogens (tertiary/aromatic N) is 1. The number of nitro groups is 1. The van der Waals surface area contributed by atoms with E-state index in [9.17, 15) is 19.7 Å². The van der Waals surface area contributed by atoms with Crippen LogP contribution in [0.1, 0.15) is 36.7 Å². The van der Waals surface area contributed by atoms with Gasteiger partial charge in [0.2, 0.25) is 0 Å². The minimum Gasteiger partial charge on any atom is -0.465 e. The number of nitrogens with one attached hydrogen (secondary N) is 1. The van der Waals surface area contributed by atoms with Gasteiger partial charge in [0.15, 0.2) is 0 Å². The molecule has 8 heteroatoms. The lowest BCUT2D eigenvalue weighted by Gasteiger charge is -2.09. The molecular weight excluding hydrogens is 404 g/mol. The van der Waals surface area contributed by atoms with Crippen LogP contribution in [-0.4, -0.2) is 23.9 Å². The number of carbonyl (C=O) groups excluding carboxylic acids is 2. The van der Waals surface area contributed by atoms with Gasteiger partial charge in [-0.15, -0.1) is 11.3 Å². The van der Waals surface area contributed by atoms with Gasteiger partial charge in [-0.05, 0) is 38.5 Å². The third kappa shape index (κ3) is 4.08. The molecule has 0 atom stereocenters. The highest BCUT2D eigenvalue weighted by molar-refractivity contribution is 7.17. The van der Waals surface area contributed by atoms with Crippen LogP contribution < -0.4 is 5.32 Å². The van der Waals surface area contributed by atoms with E-state index in [1.165, 1.54) is 36.6 Å². The van der Waals surface area contributed by atoms with Crippen LogP contribution in [0.25, 0.3) is 11.1 Å². The lowest BCUT2D eigenvalue weighted by atomic mass is 10.0. The number of nitro benzene ring substituents is 1. The SMILES string of the molecule is COC(=O)c1c(NC(=O)c2ccc([N+](=O)[O-])c(C)c2)sc(C)c1-c1ccc(C)cc1. The number of methoxy groups -OCH3 is 1. The van der Waals surface area contributed by atoms with E-state index in [1.807, 2.05) is 38.1 Å². The molecule has 30 heavy (non-hydrogen) atoms. The van der Waals surface area contributed by atoms with Crippen molar-refractivity contribution in [2.75, 3.05) is 12.4 Å². The van der Waals surface area contributed by atoms with E-state index in [2.05, 4.69) is 5.32 Å². The van der Waals surface area contributed by atoms with Gasteiger partial charge in [0.25, 0.3) is 11.6 Å². The molecule has 1 heterocycles. The Morgan fingerprint density at radius 1 is 1.07 bits per heavy atom. The minimum absolute atomic E-state index is 0.0598. The van der Waals surface area contributed by atoms with E-state index >= 15 is 0 Å². The first kappa shape index (κ1) is 21.2. The molecule has 0 saturated carbocycles. The summed E-state index contributed by atoms with van der Waals surface area (Å²) in [5.74, 6) is -1.01. The average molecular weight is 424 g/mol. The summed E-state index contributed by atoms with van der Waals surface area (Å²) in [5, 5.41) is 14.1. The lowest BCUT2D eigenvalue weighted by Crippen LogP contribution is -2.14. The molecule has 0 unspecified atom stereocenters. The maximum atomic E-state index is 12.8. The number of anilines is 1. The van der Waals surface area contributed by atoms with Crippen LogP contribution in [0, 0.1) is 30.9 Å². The molecule has 0 aliphatic heterocycles. The zero-order valence-corrected chi connectivity index (χ0v) is 17.8. The van der Waals surface area contributed by atoms with E-state index < -0.39 is 16.8 Å². The summed E-state index contributed by atoms with van der Waals surface area (Å²) in [5.41, 5.74) is 3.52. The van der Waals surface area contributed by atoms with Crippen molar-refractivity contribution in [3.8, 4) is 11.1 Å². The second-order valence-electron chi connectivity index (χ2n) is 6.81. The van der Waals surface area contributed by atoms with Crippen molar-refractivity contribution in [1.29, 1.82) is 0 Å². The Morgan fingerprint density at radius 2 is 1.73 bits per heavy atom. The molecule has 0 aliphatic rings. The third-order valence-electron chi connectivity index (χ3n) is 4.70. The fourth-order valence-corrected chi connectivity index (χ4v) is 4.23. The number of hydrogen-bond acceptors (Lipinski definition) is 6. The van der Waals surface area contributed by atoms with Crippen molar-refractivity contribution in [3.63, 3.8) is 0 Å². The Balaban J connectivity index is 2.02. The predicted molar refractivity (Wildman–Crippen MR) is 116 cm³/mol. The molecule has 3 rings (SSSR count). The van der Waals surface area contributed by atoms with Crippen LogP contribution in [0.15, 0.2) is 42.5 Å². The number of benzene rings is 2. The maximum absolute atomic E-state index is 12.8. The summed E-state index contributed by atoms with van der Waals surface area (Å²) in [6.07, 6.45) is 0. The van der Waals surface area contributed by atoms with E-state index in [4.69, 9.17) is 4.74 Å². The van der Waals surface area contributed by atoms with Gasteiger partial charge < -0.3 is 10.1 Å². The number of esters is 1. The Bertz CT molecular complexity index is 1150. The summed E-state index contributed by atoms with van der Waals surface area (Å²) < 4.78 is 4.97. The summed E-state index contributed by atoms with van der Waals surface area (Å²) in [4.78, 5) is 36.7. The molecule has 1 aromatic heterocycles. The third-order valence-corrected chi connectivity index (χ3v) is 5.72. The van der Waals surface area contributed by atoms with Crippen LogP contribution in [-0.2, 0) is 4.74 Å². The van der Waals surface area contributed by atoms with Gasteiger partial charge in [-0.3, -0.25) is 14.9 Å². The standard InChI is InChI=1S/C22H20N2O5S/c1-12-5-7-15(8-6-12)18-14(3)30-21(19(18)22(26)29-4)23-20(25)16-9-10-17(24(27)28)13(2)11-16/h5-11H,1-4H3,(H,23,25). The fraction of sp³-hybridized carbons (Fsp3) is 0.182. The van der Waals surface area contributed by atoms with Gasteiger partial charge in [0.05, 0.1) is 12.0 Å². The number of thiophene rings is 1. The van der Waals surface area contributed by atoms with Crippen LogP contribution >= 0.6 is 11.3 Å². The Hall–Kier alpha value is -3.52. The number of carbonyl (C=O) groups is 2. The molecule has 2 aromatic carbocycles. The molecule has 0 saturated heterocycles. The van der Waals surface area contributed by atoms with Crippen molar-refractivity contribution < 1.29 is 19.2 Å². The van der Waals surface area contributed by atoms with Crippen molar-refractivity contribution in [3.05, 3.63) is 79.7 Å². The summed E-state index contributed by atoms with van der Waals surface area (Å²) in [7, 11) is 1.29. The second kappa shape index (κ2) is 8.46. The summed E-state index contributed by atoms with van der Waals surface area (Å²) >= 11 is 1.28. The quantitative estimate of drug-likeness (QED) is 0.341. The van der Waals surface area contributed by atoms with Gasteiger partial charge in [-0.25, -0.2) is 4.79 Å². The van der Waals surface area contributed by atoms with Crippen LogP contribution in [0.5, 0.6) is 0 Å². The van der Waals surface area contributed by atoms with Crippen molar-refractivity contribution >= 4 is 33.9 Å². The van der Waals surface area contributed by atoms with E-state index in [0.29, 0.717) is 16.1 Å². The van der Waals surface area contributed by atoms with Gasteiger partial charge in [0, 0.05) is 27.6 Å². The molecule has 0 radical (unpaired) electrons. The molecule has 1 amide bonds. The number of hydrogen-bond donors (Lipinski definition) is 1. The van der Waals surface area contributed by atoms with Crippen LogP contribution in [0.4, 0.5) is 10.7 Å². The minimum atomic E-state index is -0.551.